The van der Waals surface area contributed by atoms with Gasteiger partial charge in [-0.2, -0.15) is 0 Å². The minimum absolute atomic E-state index is 0.00678. The van der Waals surface area contributed by atoms with Crippen molar-refractivity contribution in [2.45, 2.75) is 12.8 Å². The van der Waals surface area contributed by atoms with Crippen LogP contribution in [0.3, 0.4) is 0 Å². The second-order valence-electron chi connectivity index (χ2n) is 3.30. The molecule has 0 spiro atoms. The molecule has 0 heterocycles. The van der Waals surface area contributed by atoms with E-state index in [1.807, 2.05) is 0 Å². The highest BCUT2D eigenvalue weighted by atomic mass is 79.9. The smallest absolute Gasteiger partial charge is 0.270 e. The van der Waals surface area contributed by atoms with Crippen molar-refractivity contribution in [2.75, 3.05) is 18.4 Å². The second kappa shape index (κ2) is 4.90. The fourth-order valence-corrected chi connectivity index (χ4v) is 1.66. The number of halogens is 3. The Balaban J connectivity index is 2.88. The molecule has 0 saturated carbocycles. The fourth-order valence-electron chi connectivity index (χ4n) is 1.14. The van der Waals surface area contributed by atoms with Gasteiger partial charge in [-0.05, 0) is 28.1 Å². The van der Waals surface area contributed by atoms with Crippen LogP contribution in [0, 0.1) is 0 Å². The predicted molar refractivity (Wildman–Crippen MR) is 61.3 cm³/mol. The highest BCUT2D eigenvalue weighted by molar-refractivity contribution is 9.10. The van der Waals surface area contributed by atoms with Gasteiger partial charge >= 0.3 is 0 Å². The highest BCUT2D eigenvalue weighted by Crippen LogP contribution is 2.32. The topological polar surface area (TPSA) is 38.0 Å². The third-order valence-corrected chi connectivity index (χ3v) is 2.59. The summed E-state index contributed by atoms with van der Waals surface area (Å²) < 4.78 is 26.5. The summed E-state index contributed by atoms with van der Waals surface area (Å²) in [4.78, 5) is 0. The van der Waals surface area contributed by atoms with Gasteiger partial charge < -0.3 is 11.1 Å². The summed E-state index contributed by atoms with van der Waals surface area (Å²) in [5, 5.41) is 3.02. The Labute approximate surface area is 96.0 Å². The Hall–Kier alpha value is -0.680. The number of hydrogen-bond acceptors (Lipinski definition) is 2. The largest absolute Gasteiger partial charge is 0.383 e. The quantitative estimate of drug-likeness (QED) is 0.889. The molecule has 0 aliphatic rings. The van der Waals surface area contributed by atoms with Crippen LogP contribution in [0.5, 0.6) is 0 Å². The average Bonchev–Trinajstić information content (AvgIpc) is 2.14. The van der Waals surface area contributed by atoms with Crippen LogP contribution in [0.15, 0.2) is 22.7 Å². The van der Waals surface area contributed by atoms with Crippen molar-refractivity contribution in [2.24, 2.45) is 5.73 Å². The highest BCUT2D eigenvalue weighted by Gasteiger charge is 2.24. The fraction of sp³-hybridized carbons (Fsp3) is 0.400. The molecule has 2 nitrogen and oxygen atoms in total. The molecule has 1 aromatic rings. The van der Waals surface area contributed by atoms with Crippen LogP contribution in [-0.4, -0.2) is 13.1 Å². The SMILES string of the molecule is CC(F)(F)c1ccc(NCCN)c(Br)c1. The van der Waals surface area contributed by atoms with Crippen LogP contribution in [0.25, 0.3) is 0 Å². The lowest BCUT2D eigenvalue weighted by atomic mass is 10.1. The van der Waals surface area contributed by atoms with Gasteiger partial charge in [-0.25, -0.2) is 8.78 Å². The number of rotatable bonds is 4. The van der Waals surface area contributed by atoms with Gasteiger partial charge in [-0.15, -0.1) is 0 Å². The standard InChI is InChI=1S/C10H13BrF2N2/c1-10(12,13)7-2-3-9(8(11)6-7)15-5-4-14/h2-3,6,15H,4-5,14H2,1H3. The molecule has 1 aromatic carbocycles. The van der Waals surface area contributed by atoms with E-state index in [9.17, 15) is 8.78 Å². The molecule has 5 heteroatoms. The Kier molecular flexibility index (Phi) is 4.04. The molecule has 0 saturated heterocycles. The van der Waals surface area contributed by atoms with E-state index in [2.05, 4.69) is 21.2 Å². The summed E-state index contributed by atoms with van der Waals surface area (Å²) in [6.07, 6.45) is 0. The van der Waals surface area contributed by atoms with Crippen molar-refractivity contribution in [1.82, 2.24) is 0 Å². The van der Waals surface area contributed by atoms with E-state index < -0.39 is 5.92 Å². The summed E-state index contributed by atoms with van der Waals surface area (Å²) in [5.74, 6) is -2.81. The Morgan fingerprint density at radius 2 is 2.13 bits per heavy atom. The summed E-state index contributed by atoms with van der Waals surface area (Å²) in [5.41, 5.74) is 6.09. The van der Waals surface area contributed by atoms with Crippen molar-refractivity contribution < 1.29 is 8.78 Å². The van der Waals surface area contributed by atoms with Crippen molar-refractivity contribution in [3.63, 3.8) is 0 Å². The summed E-state index contributed by atoms with van der Waals surface area (Å²) in [6.45, 7) is 1.99. The van der Waals surface area contributed by atoms with Crippen molar-refractivity contribution in [3.8, 4) is 0 Å². The van der Waals surface area contributed by atoms with E-state index in [1.165, 1.54) is 12.1 Å². The van der Waals surface area contributed by atoms with Gasteiger partial charge in [0.05, 0.1) is 0 Å². The van der Waals surface area contributed by atoms with Gasteiger partial charge in [0.2, 0.25) is 0 Å². The molecule has 15 heavy (non-hydrogen) atoms. The van der Waals surface area contributed by atoms with Crippen molar-refractivity contribution in [1.29, 1.82) is 0 Å². The predicted octanol–water partition coefficient (Wildman–Crippen LogP) is 2.93. The Morgan fingerprint density at radius 1 is 1.47 bits per heavy atom. The number of anilines is 1. The zero-order valence-electron chi connectivity index (χ0n) is 8.36. The van der Waals surface area contributed by atoms with Gasteiger partial charge in [0.25, 0.3) is 5.92 Å². The van der Waals surface area contributed by atoms with Crippen molar-refractivity contribution in [3.05, 3.63) is 28.2 Å². The molecule has 0 aliphatic carbocycles. The zero-order chi connectivity index (χ0) is 11.5. The van der Waals surface area contributed by atoms with Gasteiger partial charge in [-0.1, -0.05) is 6.07 Å². The maximum Gasteiger partial charge on any atom is 0.270 e. The molecule has 84 valence electrons. The van der Waals surface area contributed by atoms with E-state index in [0.717, 1.165) is 12.6 Å². The van der Waals surface area contributed by atoms with Crippen LogP contribution >= 0.6 is 15.9 Å². The third kappa shape index (κ3) is 3.43. The normalized spacial score (nSPS) is 11.5. The zero-order valence-corrected chi connectivity index (χ0v) is 9.94. The number of alkyl halides is 2. The first kappa shape index (κ1) is 12.4. The number of nitrogens with two attached hydrogens (primary N) is 1. The molecule has 0 amide bonds. The molecule has 0 aliphatic heterocycles. The molecular formula is C10H13BrF2N2. The minimum atomic E-state index is -2.81. The van der Waals surface area contributed by atoms with E-state index in [4.69, 9.17) is 5.73 Å². The Morgan fingerprint density at radius 3 is 2.60 bits per heavy atom. The van der Waals surface area contributed by atoms with Gasteiger partial charge in [0.1, 0.15) is 0 Å². The van der Waals surface area contributed by atoms with Crippen LogP contribution in [-0.2, 0) is 5.92 Å². The van der Waals surface area contributed by atoms with E-state index in [0.29, 0.717) is 17.6 Å². The first-order chi connectivity index (χ1) is 6.95. The van der Waals surface area contributed by atoms with Gasteiger partial charge in [0, 0.05) is 35.7 Å². The molecule has 0 aromatic heterocycles. The van der Waals surface area contributed by atoms with Crippen LogP contribution in [0.4, 0.5) is 14.5 Å². The summed E-state index contributed by atoms with van der Waals surface area (Å²) in [6, 6.07) is 4.44. The first-order valence-electron chi connectivity index (χ1n) is 4.57. The lowest BCUT2D eigenvalue weighted by Crippen LogP contribution is -2.14. The Bertz CT molecular complexity index is 337. The molecule has 1 rings (SSSR count). The minimum Gasteiger partial charge on any atom is -0.383 e. The van der Waals surface area contributed by atoms with Crippen LogP contribution < -0.4 is 11.1 Å². The lowest BCUT2D eigenvalue weighted by molar-refractivity contribution is 0.0174. The van der Waals surface area contributed by atoms with Crippen LogP contribution in [0.2, 0.25) is 0 Å². The van der Waals surface area contributed by atoms with E-state index in [-0.39, 0.29) is 5.56 Å². The first-order valence-corrected chi connectivity index (χ1v) is 5.36. The van der Waals surface area contributed by atoms with Crippen molar-refractivity contribution >= 4 is 21.6 Å². The number of nitrogens with one attached hydrogen (secondary N) is 1. The second-order valence-corrected chi connectivity index (χ2v) is 4.15. The summed E-state index contributed by atoms with van der Waals surface area (Å²) in [7, 11) is 0. The molecule has 0 unspecified atom stereocenters. The summed E-state index contributed by atoms with van der Waals surface area (Å²) >= 11 is 3.23. The number of hydrogen-bond donors (Lipinski definition) is 2. The van der Waals surface area contributed by atoms with Crippen LogP contribution in [0.1, 0.15) is 12.5 Å². The van der Waals surface area contributed by atoms with E-state index in [1.54, 1.807) is 6.07 Å². The molecular weight excluding hydrogens is 266 g/mol. The lowest BCUT2D eigenvalue weighted by Gasteiger charge is -2.13. The van der Waals surface area contributed by atoms with Gasteiger partial charge in [0.15, 0.2) is 0 Å². The monoisotopic (exact) mass is 278 g/mol. The molecule has 3 N–H and O–H groups in total. The number of benzene rings is 1. The average molecular weight is 279 g/mol. The molecule has 0 atom stereocenters. The van der Waals surface area contributed by atoms with E-state index >= 15 is 0 Å². The maximum absolute atomic E-state index is 13.0. The molecule has 0 fully saturated rings. The maximum atomic E-state index is 13.0. The molecule has 0 bridgehead atoms. The van der Waals surface area contributed by atoms with Gasteiger partial charge in [-0.3, -0.25) is 0 Å². The third-order valence-electron chi connectivity index (χ3n) is 1.94. The molecule has 0 radical (unpaired) electrons.